The van der Waals surface area contributed by atoms with Gasteiger partial charge in [0, 0.05) is 28.4 Å². The molecule has 3 rings (SSSR count). The number of aromatic amines is 1. The molecule has 0 radical (unpaired) electrons. The van der Waals surface area contributed by atoms with Crippen molar-refractivity contribution in [2.24, 2.45) is 0 Å². The van der Waals surface area contributed by atoms with E-state index >= 15 is 0 Å². The molecule has 0 aliphatic rings. The summed E-state index contributed by atoms with van der Waals surface area (Å²) in [6, 6.07) is 10.8. The first kappa shape index (κ1) is 12.9. The van der Waals surface area contributed by atoms with Gasteiger partial charge in [-0.1, -0.05) is 6.07 Å². The highest BCUT2D eigenvalue weighted by molar-refractivity contribution is 6.16. The summed E-state index contributed by atoms with van der Waals surface area (Å²) in [4.78, 5) is 15.4. The number of nitrogens with two attached hydrogens (primary N) is 1. The van der Waals surface area contributed by atoms with Crippen LogP contribution in [0.1, 0.15) is 21.5 Å². The van der Waals surface area contributed by atoms with Crippen molar-refractivity contribution < 1.29 is 9.18 Å². The average molecular weight is 279 g/mol. The summed E-state index contributed by atoms with van der Waals surface area (Å²) in [5.41, 5.74) is 7.35. The fraction of sp³-hybridized carbons (Fsp3) is 0. The molecule has 21 heavy (non-hydrogen) atoms. The van der Waals surface area contributed by atoms with Gasteiger partial charge in [-0.2, -0.15) is 5.26 Å². The van der Waals surface area contributed by atoms with Gasteiger partial charge in [-0.3, -0.25) is 4.79 Å². The van der Waals surface area contributed by atoms with Crippen LogP contribution in [0.15, 0.2) is 42.6 Å². The third-order valence-electron chi connectivity index (χ3n) is 3.29. The van der Waals surface area contributed by atoms with E-state index in [9.17, 15) is 9.18 Å². The lowest BCUT2D eigenvalue weighted by Gasteiger charge is -2.03. The predicted molar refractivity (Wildman–Crippen MR) is 77.3 cm³/mol. The number of nitrogens with one attached hydrogen (secondary N) is 1. The number of hydrogen-bond acceptors (Lipinski definition) is 3. The molecule has 3 aromatic rings. The van der Waals surface area contributed by atoms with Crippen LogP contribution < -0.4 is 5.73 Å². The third-order valence-corrected chi connectivity index (χ3v) is 3.29. The molecule has 0 aliphatic heterocycles. The molecule has 0 bridgehead atoms. The quantitative estimate of drug-likeness (QED) is 0.558. The number of halogens is 1. The van der Waals surface area contributed by atoms with E-state index in [1.165, 1.54) is 24.4 Å². The molecule has 0 unspecified atom stereocenters. The summed E-state index contributed by atoms with van der Waals surface area (Å²) in [6.07, 6.45) is 1.51. The van der Waals surface area contributed by atoms with E-state index in [0.29, 0.717) is 27.7 Å². The Kier molecular flexibility index (Phi) is 2.92. The van der Waals surface area contributed by atoms with Crippen LogP contribution in [-0.2, 0) is 0 Å². The largest absolute Gasteiger partial charge is 0.399 e. The molecule has 3 N–H and O–H groups in total. The van der Waals surface area contributed by atoms with Gasteiger partial charge in [-0.05, 0) is 30.3 Å². The second kappa shape index (κ2) is 4.76. The van der Waals surface area contributed by atoms with E-state index in [2.05, 4.69) is 4.98 Å². The lowest BCUT2D eigenvalue weighted by atomic mass is 10.0. The molecule has 0 saturated heterocycles. The Labute approximate surface area is 119 Å². The number of ketones is 1. The Hall–Kier alpha value is -3.13. The van der Waals surface area contributed by atoms with Crippen LogP contribution in [0.25, 0.3) is 10.9 Å². The maximum absolute atomic E-state index is 13.8. The molecule has 1 heterocycles. The first-order valence-electron chi connectivity index (χ1n) is 6.21. The highest BCUT2D eigenvalue weighted by atomic mass is 19.1. The molecule has 102 valence electrons. The molecule has 0 spiro atoms. The fourth-order valence-corrected chi connectivity index (χ4v) is 2.25. The van der Waals surface area contributed by atoms with E-state index in [1.54, 1.807) is 18.2 Å². The molecule has 0 amide bonds. The van der Waals surface area contributed by atoms with Crippen LogP contribution in [0.5, 0.6) is 0 Å². The second-order valence-corrected chi connectivity index (χ2v) is 4.64. The van der Waals surface area contributed by atoms with Gasteiger partial charge in [0.05, 0.1) is 17.2 Å². The number of benzene rings is 2. The number of nitriles is 1. The molecule has 0 aliphatic carbocycles. The Morgan fingerprint density at radius 1 is 1.19 bits per heavy atom. The molecule has 1 aromatic heterocycles. The minimum Gasteiger partial charge on any atom is -0.399 e. The van der Waals surface area contributed by atoms with Gasteiger partial charge in [0.25, 0.3) is 0 Å². The summed E-state index contributed by atoms with van der Waals surface area (Å²) in [7, 11) is 0. The van der Waals surface area contributed by atoms with Gasteiger partial charge >= 0.3 is 0 Å². The van der Waals surface area contributed by atoms with Crippen LogP contribution in [0.2, 0.25) is 0 Å². The van der Waals surface area contributed by atoms with Crippen molar-refractivity contribution in [1.29, 1.82) is 5.26 Å². The number of nitrogens with zero attached hydrogens (tertiary/aromatic N) is 1. The molecule has 0 fully saturated rings. The van der Waals surface area contributed by atoms with Gasteiger partial charge in [-0.25, -0.2) is 4.39 Å². The summed E-state index contributed by atoms with van der Waals surface area (Å²) in [5.74, 6) is -1.06. The summed E-state index contributed by atoms with van der Waals surface area (Å²) < 4.78 is 13.8. The number of rotatable bonds is 2. The molecular weight excluding hydrogens is 269 g/mol. The number of aromatic nitrogens is 1. The summed E-state index contributed by atoms with van der Waals surface area (Å²) >= 11 is 0. The van der Waals surface area contributed by atoms with E-state index in [4.69, 9.17) is 11.0 Å². The van der Waals surface area contributed by atoms with E-state index in [-0.39, 0.29) is 5.56 Å². The Morgan fingerprint density at radius 2 is 2.00 bits per heavy atom. The predicted octanol–water partition coefficient (Wildman–Crippen LogP) is 2.99. The highest BCUT2D eigenvalue weighted by Gasteiger charge is 2.18. The summed E-state index contributed by atoms with van der Waals surface area (Å²) in [6.45, 7) is 0. The van der Waals surface area contributed by atoms with Crippen molar-refractivity contribution in [1.82, 2.24) is 4.98 Å². The Balaban J connectivity index is 2.14. The maximum atomic E-state index is 13.8. The standard InChI is InChI=1S/C16H10FN3O/c17-14-4-2-10(19)6-12(14)16(21)13-8-20-15-5-9(7-18)1-3-11(13)15/h1-6,8,20H,19H2. The van der Waals surface area contributed by atoms with Gasteiger partial charge < -0.3 is 10.7 Å². The van der Waals surface area contributed by atoms with Crippen molar-refractivity contribution in [2.45, 2.75) is 0 Å². The molecule has 0 atom stereocenters. The van der Waals surface area contributed by atoms with E-state index in [1.807, 2.05) is 6.07 Å². The number of hydrogen-bond donors (Lipinski definition) is 2. The van der Waals surface area contributed by atoms with Crippen LogP contribution in [0, 0.1) is 17.1 Å². The van der Waals surface area contributed by atoms with Gasteiger partial charge in [-0.15, -0.1) is 0 Å². The highest BCUT2D eigenvalue weighted by Crippen LogP contribution is 2.24. The zero-order chi connectivity index (χ0) is 15.0. The first-order valence-corrected chi connectivity index (χ1v) is 6.21. The van der Waals surface area contributed by atoms with Crippen LogP contribution >= 0.6 is 0 Å². The van der Waals surface area contributed by atoms with Gasteiger partial charge in [0.1, 0.15) is 5.82 Å². The smallest absolute Gasteiger partial charge is 0.198 e. The SMILES string of the molecule is N#Cc1ccc2c(C(=O)c3cc(N)ccc3F)c[nH]c2c1. The maximum Gasteiger partial charge on any atom is 0.198 e. The van der Waals surface area contributed by atoms with Crippen LogP contribution in [0.4, 0.5) is 10.1 Å². The van der Waals surface area contributed by atoms with Crippen molar-refractivity contribution in [3.63, 3.8) is 0 Å². The van der Waals surface area contributed by atoms with Crippen molar-refractivity contribution in [3.05, 3.63) is 65.1 Å². The second-order valence-electron chi connectivity index (χ2n) is 4.64. The molecule has 2 aromatic carbocycles. The number of anilines is 1. The number of H-pyrrole nitrogens is 1. The van der Waals surface area contributed by atoms with Crippen molar-refractivity contribution in [3.8, 4) is 6.07 Å². The lowest BCUT2D eigenvalue weighted by Crippen LogP contribution is -2.04. The average Bonchev–Trinajstić information content (AvgIpc) is 2.91. The molecule has 5 heteroatoms. The topological polar surface area (TPSA) is 82.7 Å². The molecule has 0 saturated carbocycles. The number of carbonyl (C=O) groups is 1. The van der Waals surface area contributed by atoms with Crippen molar-refractivity contribution >= 4 is 22.4 Å². The lowest BCUT2D eigenvalue weighted by molar-refractivity contribution is 0.103. The number of nitrogen functional groups attached to an aromatic ring is 1. The third kappa shape index (κ3) is 2.13. The van der Waals surface area contributed by atoms with Gasteiger partial charge in [0.2, 0.25) is 0 Å². The normalized spacial score (nSPS) is 10.5. The Bertz CT molecular complexity index is 906. The zero-order valence-electron chi connectivity index (χ0n) is 10.9. The van der Waals surface area contributed by atoms with E-state index in [0.717, 1.165) is 0 Å². The minimum absolute atomic E-state index is 0.0692. The zero-order valence-corrected chi connectivity index (χ0v) is 10.9. The molecular formula is C16H10FN3O. The fourth-order valence-electron chi connectivity index (χ4n) is 2.25. The number of carbonyl (C=O) groups excluding carboxylic acids is 1. The minimum atomic E-state index is -0.614. The van der Waals surface area contributed by atoms with Crippen molar-refractivity contribution in [2.75, 3.05) is 5.73 Å². The molecule has 4 nitrogen and oxygen atoms in total. The van der Waals surface area contributed by atoms with Crippen LogP contribution in [-0.4, -0.2) is 10.8 Å². The number of fused-ring (bicyclic) bond motifs is 1. The van der Waals surface area contributed by atoms with Crippen LogP contribution in [0.3, 0.4) is 0 Å². The van der Waals surface area contributed by atoms with E-state index < -0.39 is 11.6 Å². The first-order chi connectivity index (χ1) is 10.1. The summed E-state index contributed by atoms with van der Waals surface area (Å²) in [5, 5.41) is 9.50. The van der Waals surface area contributed by atoms with Gasteiger partial charge in [0.15, 0.2) is 5.78 Å². The monoisotopic (exact) mass is 279 g/mol. The Morgan fingerprint density at radius 3 is 2.76 bits per heavy atom.